The highest BCUT2D eigenvalue weighted by molar-refractivity contribution is 6.07. The van der Waals surface area contributed by atoms with Crippen LogP contribution in [-0.4, -0.2) is 22.7 Å². The van der Waals surface area contributed by atoms with Gasteiger partial charge in [0.1, 0.15) is 17.1 Å². The molecule has 0 radical (unpaired) electrons. The number of nitrogens with one attached hydrogen (secondary N) is 2. The van der Waals surface area contributed by atoms with Gasteiger partial charge in [-0.3, -0.25) is 9.36 Å². The van der Waals surface area contributed by atoms with Gasteiger partial charge < -0.3 is 21.1 Å². The van der Waals surface area contributed by atoms with Crippen molar-refractivity contribution in [2.75, 3.05) is 17.7 Å². The number of methoxy groups -OCH3 is 1. The van der Waals surface area contributed by atoms with Crippen molar-refractivity contribution in [3.63, 3.8) is 0 Å². The molecule has 0 saturated carbocycles. The first kappa shape index (κ1) is 32.6. The van der Waals surface area contributed by atoms with Gasteiger partial charge in [0, 0.05) is 35.9 Å². The molecule has 0 unspecified atom stereocenters. The Morgan fingerprint density at radius 2 is 1.67 bits per heavy atom. The lowest BCUT2D eigenvalue weighted by Gasteiger charge is -2.23. The molecule has 0 bridgehead atoms. The second-order valence-corrected chi connectivity index (χ2v) is 10.9. The Hall–Kier alpha value is -3.88. The van der Waals surface area contributed by atoms with E-state index in [0.29, 0.717) is 30.0 Å². The zero-order chi connectivity index (χ0) is 29.7. The Morgan fingerprint density at radius 3 is 2.26 bits per heavy atom. The zero-order valence-corrected chi connectivity index (χ0v) is 26.1. The summed E-state index contributed by atoms with van der Waals surface area (Å²) in [5, 5.41) is 6.83. The number of nitrogens with zero attached hydrogens (tertiary/aromatic N) is 2. The Kier molecular flexibility index (Phi) is 11.1. The van der Waals surface area contributed by atoms with Crippen LogP contribution in [0.1, 0.15) is 76.0 Å². The van der Waals surface area contributed by atoms with Crippen LogP contribution in [0.2, 0.25) is 0 Å². The lowest BCUT2D eigenvalue weighted by atomic mass is 9.90. The first-order valence-electron chi connectivity index (χ1n) is 14.3. The number of carbonyl (C=O) groups excluding carboxylic acids is 1. The van der Waals surface area contributed by atoms with Crippen molar-refractivity contribution >= 4 is 40.8 Å². The second kappa shape index (κ2) is 14.3. The van der Waals surface area contributed by atoms with Gasteiger partial charge in [-0.25, -0.2) is 9.78 Å². The van der Waals surface area contributed by atoms with Crippen LogP contribution in [-0.2, 0) is 13.1 Å². The molecule has 4 N–H and O–H groups in total. The summed E-state index contributed by atoms with van der Waals surface area (Å²) < 4.78 is 7.14. The second-order valence-electron chi connectivity index (χ2n) is 10.9. The molecule has 224 valence electrons. The van der Waals surface area contributed by atoms with Gasteiger partial charge >= 0.3 is 6.03 Å². The minimum Gasteiger partial charge on any atom is -0.497 e. The summed E-state index contributed by atoms with van der Waals surface area (Å²) in [5.74, 6) is 0.951. The summed E-state index contributed by atoms with van der Waals surface area (Å²) in [7, 11) is 1.60. The van der Waals surface area contributed by atoms with Crippen molar-refractivity contribution in [2.45, 2.75) is 72.4 Å². The number of pyridine rings is 2. The van der Waals surface area contributed by atoms with Crippen molar-refractivity contribution in [1.82, 2.24) is 9.55 Å². The maximum Gasteiger partial charge on any atom is 0.323 e. The highest BCUT2D eigenvalue weighted by Crippen LogP contribution is 2.36. The van der Waals surface area contributed by atoms with Crippen LogP contribution in [0, 0.1) is 0 Å². The number of unbranched alkanes of at least 4 members (excludes halogenated alkanes) is 1. The molecule has 2 heterocycles. The number of rotatable bonds is 10. The van der Waals surface area contributed by atoms with Gasteiger partial charge in [0.25, 0.3) is 5.56 Å². The van der Waals surface area contributed by atoms with Crippen molar-refractivity contribution in [3.05, 3.63) is 81.8 Å². The minimum atomic E-state index is -0.485. The van der Waals surface area contributed by atoms with E-state index in [1.165, 1.54) is 0 Å². The SMILES string of the molecule is CCCCn1c(=O)c(NC(=O)Nc2c(C(C)C)cc(CN)cc2C(C)C)c(-c2cccc(OC)c2)c2cccnc21.Cl. The van der Waals surface area contributed by atoms with E-state index in [0.717, 1.165) is 46.2 Å². The highest BCUT2D eigenvalue weighted by atomic mass is 35.5. The van der Waals surface area contributed by atoms with Gasteiger partial charge in [0.15, 0.2) is 0 Å². The number of hydrogen-bond acceptors (Lipinski definition) is 5. The Balaban J connectivity index is 0.00000484. The molecule has 0 atom stereocenters. The third kappa shape index (κ3) is 6.77. The molecule has 0 aliphatic heterocycles. The maximum absolute atomic E-state index is 14.1. The van der Waals surface area contributed by atoms with E-state index in [-0.39, 0.29) is 35.5 Å². The van der Waals surface area contributed by atoms with Gasteiger partial charge in [0.05, 0.1) is 7.11 Å². The van der Waals surface area contributed by atoms with Crippen molar-refractivity contribution in [2.24, 2.45) is 5.73 Å². The Labute approximate surface area is 254 Å². The fourth-order valence-electron chi connectivity index (χ4n) is 5.18. The molecule has 42 heavy (non-hydrogen) atoms. The topological polar surface area (TPSA) is 111 Å². The number of nitrogens with two attached hydrogens (primary N) is 1. The number of carbonyl (C=O) groups is 1. The number of benzene rings is 2. The van der Waals surface area contributed by atoms with E-state index in [2.05, 4.69) is 50.2 Å². The van der Waals surface area contributed by atoms with Crippen molar-refractivity contribution in [1.29, 1.82) is 0 Å². The molecule has 4 aromatic rings. The molecule has 2 aromatic heterocycles. The zero-order valence-electron chi connectivity index (χ0n) is 25.3. The predicted molar refractivity (Wildman–Crippen MR) is 175 cm³/mol. The number of fused-ring (bicyclic) bond motifs is 1. The molecule has 4 rings (SSSR count). The quantitative estimate of drug-likeness (QED) is 0.175. The van der Waals surface area contributed by atoms with E-state index in [1.807, 2.05) is 48.5 Å². The van der Waals surface area contributed by atoms with Crippen molar-refractivity contribution in [3.8, 4) is 16.9 Å². The third-order valence-electron chi connectivity index (χ3n) is 7.33. The van der Waals surface area contributed by atoms with E-state index in [1.54, 1.807) is 17.9 Å². The van der Waals surface area contributed by atoms with Crippen LogP contribution in [0.25, 0.3) is 22.2 Å². The van der Waals surface area contributed by atoms with Crippen LogP contribution in [0.15, 0.2) is 59.5 Å². The highest BCUT2D eigenvalue weighted by Gasteiger charge is 2.23. The van der Waals surface area contributed by atoms with Crippen LogP contribution in [0.5, 0.6) is 5.75 Å². The van der Waals surface area contributed by atoms with Crippen LogP contribution >= 0.6 is 12.4 Å². The summed E-state index contributed by atoms with van der Waals surface area (Å²) in [6.45, 7) is 11.3. The maximum atomic E-state index is 14.1. The molecule has 0 aliphatic rings. The summed E-state index contributed by atoms with van der Waals surface area (Å²) in [4.78, 5) is 32.4. The minimum absolute atomic E-state index is 0. The molecular weight excluding hydrogens is 550 g/mol. The molecule has 2 aromatic carbocycles. The lowest BCUT2D eigenvalue weighted by Crippen LogP contribution is -2.30. The molecule has 0 saturated heterocycles. The first-order chi connectivity index (χ1) is 19.7. The number of aromatic nitrogens is 2. The van der Waals surface area contributed by atoms with Crippen LogP contribution < -0.4 is 26.7 Å². The average molecular weight is 592 g/mol. The smallest absolute Gasteiger partial charge is 0.323 e. The largest absolute Gasteiger partial charge is 0.497 e. The van der Waals surface area contributed by atoms with Gasteiger partial charge in [0.2, 0.25) is 0 Å². The van der Waals surface area contributed by atoms with Gasteiger partial charge in [-0.2, -0.15) is 0 Å². The predicted octanol–water partition coefficient (Wildman–Crippen LogP) is 7.64. The monoisotopic (exact) mass is 591 g/mol. The number of amides is 2. The first-order valence-corrected chi connectivity index (χ1v) is 14.3. The number of ether oxygens (including phenoxy) is 1. The van der Waals surface area contributed by atoms with Gasteiger partial charge in [-0.1, -0.05) is 65.3 Å². The Morgan fingerprint density at radius 1 is 1.00 bits per heavy atom. The van der Waals surface area contributed by atoms with Crippen LogP contribution in [0.4, 0.5) is 16.2 Å². The number of urea groups is 1. The molecule has 2 amide bonds. The molecule has 8 nitrogen and oxygen atoms in total. The number of halogens is 1. The molecule has 0 spiro atoms. The standard InChI is InChI=1S/C33H41N5O3.ClH/c1-7-8-15-38-31-25(13-10-14-35-31)28(23-11-9-12-24(18-23)41-6)30(32(38)39)37-33(40)36-29-26(20(2)3)16-22(19-34)17-27(29)21(4)5;/h9-14,16-18,20-21H,7-8,15,19,34H2,1-6H3,(H2,36,37,40);1H. The number of anilines is 2. The average Bonchev–Trinajstić information content (AvgIpc) is 2.97. The summed E-state index contributed by atoms with van der Waals surface area (Å²) >= 11 is 0. The lowest BCUT2D eigenvalue weighted by molar-refractivity contribution is 0.262. The molecule has 9 heteroatoms. The van der Waals surface area contributed by atoms with E-state index in [4.69, 9.17) is 10.5 Å². The summed E-state index contributed by atoms with van der Waals surface area (Å²) in [5.41, 5.74) is 11.6. The number of hydrogen-bond donors (Lipinski definition) is 3. The normalized spacial score (nSPS) is 11.1. The van der Waals surface area contributed by atoms with Crippen LogP contribution in [0.3, 0.4) is 0 Å². The van der Waals surface area contributed by atoms with Gasteiger partial charge in [-0.15, -0.1) is 12.4 Å². The van der Waals surface area contributed by atoms with Crippen molar-refractivity contribution < 1.29 is 9.53 Å². The Bertz CT molecular complexity index is 1580. The molecule has 0 fully saturated rings. The summed E-state index contributed by atoms with van der Waals surface area (Å²) in [6, 6.07) is 14.9. The summed E-state index contributed by atoms with van der Waals surface area (Å²) in [6.07, 6.45) is 3.40. The number of aryl methyl sites for hydroxylation is 1. The van der Waals surface area contributed by atoms with E-state index >= 15 is 0 Å². The van der Waals surface area contributed by atoms with Gasteiger partial charge in [-0.05, 0) is 64.8 Å². The van der Waals surface area contributed by atoms with E-state index in [9.17, 15) is 9.59 Å². The fraction of sp³-hybridized carbons (Fsp3) is 0.364. The third-order valence-corrected chi connectivity index (χ3v) is 7.33. The fourth-order valence-corrected chi connectivity index (χ4v) is 5.18. The molecular formula is C33H42ClN5O3. The molecule has 0 aliphatic carbocycles. The van der Waals surface area contributed by atoms with E-state index < -0.39 is 6.03 Å².